The van der Waals surface area contributed by atoms with Gasteiger partial charge >= 0.3 is 0 Å². The minimum Gasteiger partial charge on any atom is -0.324 e. The van der Waals surface area contributed by atoms with Crippen LogP contribution in [0.1, 0.15) is 37.8 Å². The Morgan fingerprint density at radius 2 is 2.06 bits per heavy atom. The van der Waals surface area contributed by atoms with E-state index in [1.54, 1.807) is 0 Å². The molecular formula is C16H20N2. The molecular weight excluding hydrogens is 220 g/mol. The lowest BCUT2D eigenvalue weighted by molar-refractivity contribution is 0.352. The highest BCUT2D eigenvalue weighted by molar-refractivity contribution is 5.85. The summed E-state index contributed by atoms with van der Waals surface area (Å²) in [5, 5.41) is 2.45. The van der Waals surface area contributed by atoms with Crippen LogP contribution in [-0.4, -0.2) is 4.98 Å². The lowest BCUT2D eigenvalue weighted by Crippen LogP contribution is -2.23. The smallest absolute Gasteiger partial charge is 0.0347 e. The van der Waals surface area contributed by atoms with Crippen molar-refractivity contribution in [2.75, 3.05) is 0 Å². The van der Waals surface area contributed by atoms with Crippen LogP contribution >= 0.6 is 0 Å². The summed E-state index contributed by atoms with van der Waals surface area (Å²) >= 11 is 0. The van der Waals surface area contributed by atoms with Gasteiger partial charge in [-0.1, -0.05) is 44.0 Å². The predicted octanol–water partition coefficient (Wildman–Crippen LogP) is 3.67. The van der Waals surface area contributed by atoms with E-state index in [2.05, 4.69) is 36.2 Å². The monoisotopic (exact) mass is 240 g/mol. The van der Waals surface area contributed by atoms with Gasteiger partial charge in [0.15, 0.2) is 0 Å². The van der Waals surface area contributed by atoms with E-state index >= 15 is 0 Å². The molecule has 0 saturated heterocycles. The van der Waals surface area contributed by atoms with Crippen molar-refractivity contribution in [3.63, 3.8) is 0 Å². The predicted molar refractivity (Wildman–Crippen MR) is 75.2 cm³/mol. The molecule has 3 rings (SSSR count). The van der Waals surface area contributed by atoms with Gasteiger partial charge in [0.25, 0.3) is 0 Å². The Hall–Kier alpha value is -1.41. The fraction of sp³-hybridized carbons (Fsp3) is 0.438. The van der Waals surface area contributed by atoms with Crippen molar-refractivity contribution in [2.45, 2.75) is 32.2 Å². The van der Waals surface area contributed by atoms with Crippen molar-refractivity contribution in [2.24, 2.45) is 17.6 Å². The van der Waals surface area contributed by atoms with Gasteiger partial charge in [-0.05, 0) is 29.2 Å². The van der Waals surface area contributed by atoms with E-state index in [1.807, 2.05) is 12.4 Å². The van der Waals surface area contributed by atoms with Crippen molar-refractivity contribution in [3.8, 4) is 0 Å². The highest BCUT2D eigenvalue weighted by atomic mass is 14.7. The molecule has 1 aliphatic rings. The Balaban J connectivity index is 2.03. The van der Waals surface area contributed by atoms with Crippen LogP contribution in [0.5, 0.6) is 0 Å². The lowest BCUT2D eigenvalue weighted by Gasteiger charge is -2.24. The zero-order valence-electron chi connectivity index (χ0n) is 10.8. The molecule has 3 unspecified atom stereocenters. The first-order chi connectivity index (χ1) is 8.77. The molecule has 0 aliphatic heterocycles. The number of aromatic nitrogens is 1. The number of rotatable bonds is 2. The third kappa shape index (κ3) is 1.91. The summed E-state index contributed by atoms with van der Waals surface area (Å²) in [4.78, 5) is 4.35. The zero-order valence-corrected chi connectivity index (χ0v) is 10.8. The number of nitrogens with zero attached hydrogens (tertiary/aromatic N) is 1. The van der Waals surface area contributed by atoms with Crippen LogP contribution in [0, 0.1) is 11.8 Å². The Morgan fingerprint density at radius 3 is 2.83 bits per heavy atom. The maximum absolute atomic E-state index is 6.52. The summed E-state index contributed by atoms with van der Waals surface area (Å²) in [7, 11) is 0. The molecule has 2 nitrogen and oxygen atoms in total. The van der Waals surface area contributed by atoms with Crippen LogP contribution < -0.4 is 5.73 Å². The molecule has 1 aromatic heterocycles. The molecule has 1 fully saturated rings. The molecule has 0 bridgehead atoms. The highest BCUT2D eigenvalue weighted by Crippen LogP contribution is 2.40. The van der Waals surface area contributed by atoms with Gasteiger partial charge in [0.05, 0.1) is 0 Å². The van der Waals surface area contributed by atoms with Crippen molar-refractivity contribution in [1.29, 1.82) is 0 Å². The third-order valence-electron chi connectivity index (χ3n) is 4.45. The van der Waals surface area contributed by atoms with E-state index < -0.39 is 0 Å². The summed E-state index contributed by atoms with van der Waals surface area (Å²) in [5.41, 5.74) is 7.73. The Morgan fingerprint density at radius 1 is 1.22 bits per heavy atom. The van der Waals surface area contributed by atoms with E-state index in [9.17, 15) is 0 Å². The molecule has 1 aliphatic carbocycles. The van der Waals surface area contributed by atoms with Crippen LogP contribution in [0.2, 0.25) is 0 Å². The second kappa shape index (κ2) is 4.69. The van der Waals surface area contributed by atoms with E-state index in [1.165, 1.54) is 35.6 Å². The van der Waals surface area contributed by atoms with Crippen LogP contribution in [0.3, 0.4) is 0 Å². The van der Waals surface area contributed by atoms with Gasteiger partial charge in [0.2, 0.25) is 0 Å². The molecule has 18 heavy (non-hydrogen) atoms. The molecule has 1 heterocycles. The molecule has 1 saturated carbocycles. The Labute approximate surface area is 108 Å². The molecule has 2 heteroatoms. The second-order valence-electron chi connectivity index (χ2n) is 5.55. The van der Waals surface area contributed by atoms with Gasteiger partial charge in [-0.25, -0.2) is 0 Å². The van der Waals surface area contributed by atoms with Gasteiger partial charge in [-0.15, -0.1) is 0 Å². The lowest BCUT2D eigenvalue weighted by atomic mass is 9.85. The number of benzene rings is 1. The number of fused-ring (bicyclic) bond motifs is 1. The van der Waals surface area contributed by atoms with Gasteiger partial charge in [-0.2, -0.15) is 0 Å². The van der Waals surface area contributed by atoms with Crippen molar-refractivity contribution in [1.82, 2.24) is 4.98 Å². The topological polar surface area (TPSA) is 38.9 Å². The maximum atomic E-state index is 6.52. The SMILES string of the molecule is CC1CCCC1C(N)c1cncc2ccccc12. The van der Waals surface area contributed by atoms with Crippen molar-refractivity contribution in [3.05, 3.63) is 42.2 Å². The maximum Gasteiger partial charge on any atom is 0.0347 e. The second-order valence-corrected chi connectivity index (χ2v) is 5.55. The summed E-state index contributed by atoms with van der Waals surface area (Å²) in [6, 6.07) is 8.53. The van der Waals surface area contributed by atoms with Gasteiger partial charge < -0.3 is 5.73 Å². The first-order valence-electron chi connectivity index (χ1n) is 6.85. The number of hydrogen-bond acceptors (Lipinski definition) is 2. The number of nitrogens with two attached hydrogens (primary N) is 1. The molecule has 0 amide bonds. The van der Waals surface area contributed by atoms with Crippen LogP contribution in [-0.2, 0) is 0 Å². The van der Waals surface area contributed by atoms with Crippen molar-refractivity contribution < 1.29 is 0 Å². The molecule has 0 radical (unpaired) electrons. The van der Waals surface area contributed by atoms with E-state index in [4.69, 9.17) is 5.73 Å². The standard InChI is InChI=1S/C16H20N2/c1-11-5-4-8-13(11)16(17)15-10-18-9-12-6-2-3-7-14(12)15/h2-3,6-7,9-11,13,16H,4-5,8,17H2,1H3. The summed E-state index contributed by atoms with van der Waals surface area (Å²) in [5.74, 6) is 1.34. The number of hydrogen-bond donors (Lipinski definition) is 1. The molecule has 94 valence electrons. The van der Waals surface area contributed by atoms with Gasteiger partial charge in [0, 0.05) is 23.8 Å². The quantitative estimate of drug-likeness (QED) is 0.869. The summed E-state index contributed by atoms with van der Waals surface area (Å²) in [6.07, 6.45) is 7.77. The summed E-state index contributed by atoms with van der Waals surface area (Å²) in [6.45, 7) is 2.33. The van der Waals surface area contributed by atoms with Crippen LogP contribution in [0.4, 0.5) is 0 Å². The molecule has 3 atom stereocenters. The first kappa shape index (κ1) is 11.7. The van der Waals surface area contributed by atoms with E-state index in [0.717, 1.165) is 5.92 Å². The Bertz CT molecular complexity index is 544. The zero-order chi connectivity index (χ0) is 12.5. The van der Waals surface area contributed by atoms with Crippen LogP contribution in [0.15, 0.2) is 36.7 Å². The average molecular weight is 240 g/mol. The minimum absolute atomic E-state index is 0.126. The van der Waals surface area contributed by atoms with Crippen LogP contribution in [0.25, 0.3) is 10.8 Å². The summed E-state index contributed by atoms with van der Waals surface area (Å²) < 4.78 is 0. The average Bonchev–Trinajstić information content (AvgIpc) is 2.83. The molecule has 1 aromatic carbocycles. The van der Waals surface area contributed by atoms with E-state index in [-0.39, 0.29) is 6.04 Å². The van der Waals surface area contributed by atoms with Crippen molar-refractivity contribution >= 4 is 10.8 Å². The van der Waals surface area contributed by atoms with E-state index in [0.29, 0.717) is 5.92 Å². The molecule has 0 spiro atoms. The first-order valence-corrected chi connectivity index (χ1v) is 6.85. The normalized spacial score (nSPS) is 25.4. The van der Waals surface area contributed by atoms with Gasteiger partial charge in [0.1, 0.15) is 0 Å². The minimum atomic E-state index is 0.126. The highest BCUT2D eigenvalue weighted by Gasteiger charge is 2.30. The third-order valence-corrected chi connectivity index (χ3v) is 4.45. The number of pyridine rings is 1. The Kier molecular flexibility index (Phi) is 3.04. The molecule has 2 N–H and O–H groups in total. The molecule has 2 aromatic rings. The van der Waals surface area contributed by atoms with Gasteiger partial charge in [-0.3, -0.25) is 4.98 Å². The fourth-order valence-electron chi connectivity index (χ4n) is 3.34. The fourth-order valence-corrected chi connectivity index (χ4v) is 3.34. The largest absolute Gasteiger partial charge is 0.324 e.